The molecule has 94 valence electrons. The third-order valence-electron chi connectivity index (χ3n) is 2.58. The van der Waals surface area contributed by atoms with E-state index in [2.05, 4.69) is 4.98 Å². The van der Waals surface area contributed by atoms with Crippen molar-refractivity contribution < 1.29 is 14.3 Å². The lowest BCUT2D eigenvalue weighted by atomic mass is 10.1. The number of hydrogen-bond donors (Lipinski definition) is 1. The second-order valence-corrected chi connectivity index (χ2v) is 3.75. The Labute approximate surface area is 106 Å². The number of benzene rings is 1. The Balaban J connectivity index is 2.26. The first-order chi connectivity index (χ1) is 8.74. The normalized spacial score (nSPS) is 10.1. The highest BCUT2D eigenvalue weighted by Crippen LogP contribution is 2.24. The van der Waals surface area contributed by atoms with Gasteiger partial charge in [-0.2, -0.15) is 0 Å². The van der Waals surface area contributed by atoms with Crippen LogP contribution >= 0.6 is 0 Å². The van der Waals surface area contributed by atoms with Crippen molar-refractivity contribution >= 4 is 5.97 Å². The molecule has 18 heavy (non-hydrogen) atoms. The Kier molecular flexibility index (Phi) is 3.67. The highest BCUT2D eigenvalue weighted by Gasteiger charge is 2.10. The van der Waals surface area contributed by atoms with Gasteiger partial charge in [0.1, 0.15) is 11.4 Å². The zero-order chi connectivity index (χ0) is 13.0. The Hall–Kier alpha value is -2.23. The van der Waals surface area contributed by atoms with Gasteiger partial charge in [0.05, 0.1) is 13.7 Å². The number of carbonyl (C=O) groups excluding carboxylic acids is 1. The van der Waals surface area contributed by atoms with E-state index in [1.54, 1.807) is 26.3 Å². The molecular formula is C14H15NO3. The number of H-pyrrole nitrogens is 1. The average Bonchev–Trinajstić information content (AvgIpc) is 2.89. The predicted molar refractivity (Wildman–Crippen MR) is 68.7 cm³/mol. The summed E-state index contributed by atoms with van der Waals surface area (Å²) in [5.41, 5.74) is 2.37. The number of rotatable bonds is 4. The zero-order valence-electron chi connectivity index (χ0n) is 10.4. The van der Waals surface area contributed by atoms with Gasteiger partial charge in [-0.1, -0.05) is 12.1 Å². The van der Waals surface area contributed by atoms with Crippen LogP contribution in [0.5, 0.6) is 5.75 Å². The molecule has 0 fully saturated rings. The van der Waals surface area contributed by atoms with Crippen LogP contribution in [0.25, 0.3) is 11.1 Å². The molecule has 4 nitrogen and oxygen atoms in total. The summed E-state index contributed by atoms with van der Waals surface area (Å²) >= 11 is 0. The average molecular weight is 245 g/mol. The topological polar surface area (TPSA) is 51.3 Å². The second-order valence-electron chi connectivity index (χ2n) is 3.75. The summed E-state index contributed by atoms with van der Waals surface area (Å²) in [5, 5.41) is 0. The maximum absolute atomic E-state index is 11.5. The highest BCUT2D eigenvalue weighted by molar-refractivity contribution is 5.89. The fourth-order valence-electron chi connectivity index (χ4n) is 1.69. The smallest absolute Gasteiger partial charge is 0.354 e. The molecule has 2 aromatic rings. The van der Waals surface area contributed by atoms with Crippen LogP contribution in [0.3, 0.4) is 0 Å². The highest BCUT2D eigenvalue weighted by atomic mass is 16.5. The van der Waals surface area contributed by atoms with Crippen molar-refractivity contribution in [2.75, 3.05) is 13.7 Å². The van der Waals surface area contributed by atoms with Gasteiger partial charge in [0.2, 0.25) is 0 Å². The van der Waals surface area contributed by atoms with E-state index in [-0.39, 0.29) is 5.97 Å². The molecule has 0 saturated heterocycles. The number of nitrogens with one attached hydrogen (secondary N) is 1. The number of methoxy groups -OCH3 is 1. The van der Waals surface area contributed by atoms with Gasteiger partial charge >= 0.3 is 5.97 Å². The fourth-order valence-corrected chi connectivity index (χ4v) is 1.69. The number of esters is 1. The molecule has 4 heteroatoms. The summed E-state index contributed by atoms with van der Waals surface area (Å²) in [5.74, 6) is 0.443. The molecule has 0 aliphatic heterocycles. The number of carbonyl (C=O) groups is 1. The van der Waals surface area contributed by atoms with E-state index in [1.807, 2.05) is 24.3 Å². The Morgan fingerprint density at radius 1 is 1.28 bits per heavy atom. The van der Waals surface area contributed by atoms with Crippen LogP contribution in [0.4, 0.5) is 0 Å². The molecule has 1 aromatic carbocycles. The zero-order valence-corrected chi connectivity index (χ0v) is 10.4. The first-order valence-corrected chi connectivity index (χ1v) is 5.74. The fraction of sp³-hybridized carbons (Fsp3) is 0.214. The molecule has 0 atom stereocenters. The van der Waals surface area contributed by atoms with Gasteiger partial charge < -0.3 is 14.5 Å². The van der Waals surface area contributed by atoms with Gasteiger partial charge in [-0.05, 0) is 30.7 Å². The van der Waals surface area contributed by atoms with Gasteiger partial charge in [-0.25, -0.2) is 4.79 Å². The van der Waals surface area contributed by atoms with E-state index >= 15 is 0 Å². The molecular weight excluding hydrogens is 230 g/mol. The van der Waals surface area contributed by atoms with Crippen LogP contribution in [0.15, 0.2) is 36.5 Å². The number of aromatic amines is 1. The van der Waals surface area contributed by atoms with Crippen LogP contribution in [0.1, 0.15) is 17.4 Å². The molecule has 0 unspecified atom stereocenters. The molecule has 1 heterocycles. The van der Waals surface area contributed by atoms with Gasteiger partial charge in [-0.3, -0.25) is 0 Å². The molecule has 0 bridgehead atoms. The summed E-state index contributed by atoms with van der Waals surface area (Å²) in [7, 11) is 1.63. The monoisotopic (exact) mass is 245 g/mol. The third kappa shape index (κ3) is 2.53. The Morgan fingerprint density at radius 2 is 2.11 bits per heavy atom. The van der Waals surface area contributed by atoms with Crippen molar-refractivity contribution in [3.8, 4) is 16.9 Å². The molecule has 2 rings (SSSR count). The van der Waals surface area contributed by atoms with Gasteiger partial charge in [-0.15, -0.1) is 0 Å². The summed E-state index contributed by atoms with van der Waals surface area (Å²) in [6, 6.07) is 9.43. The van der Waals surface area contributed by atoms with Gasteiger partial charge in [0.15, 0.2) is 0 Å². The summed E-state index contributed by atoms with van der Waals surface area (Å²) in [6.07, 6.45) is 1.78. The SMILES string of the molecule is CCOC(=O)c1cc(-c2cccc(OC)c2)c[nH]1. The molecule has 1 aromatic heterocycles. The minimum absolute atomic E-state index is 0.341. The molecule has 0 aliphatic rings. The first-order valence-electron chi connectivity index (χ1n) is 5.74. The first kappa shape index (κ1) is 12.2. The lowest BCUT2D eigenvalue weighted by Crippen LogP contribution is -2.04. The van der Waals surface area contributed by atoms with E-state index in [0.29, 0.717) is 12.3 Å². The van der Waals surface area contributed by atoms with Crippen molar-refractivity contribution in [3.63, 3.8) is 0 Å². The number of aromatic nitrogens is 1. The van der Waals surface area contributed by atoms with Crippen molar-refractivity contribution in [1.82, 2.24) is 4.98 Å². The molecule has 0 spiro atoms. The molecule has 0 saturated carbocycles. The predicted octanol–water partition coefficient (Wildman–Crippen LogP) is 2.87. The standard InChI is InChI=1S/C14H15NO3/c1-3-18-14(16)13-8-11(9-15-13)10-5-4-6-12(7-10)17-2/h4-9,15H,3H2,1-2H3. The third-order valence-corrected chi connectivity index (χ3v) is 2.58. The molecule has 0 amide bonds. The van der Waals surface area contributed by atoms with Crippen molar-refractivity contribution in [2.24, 2.45) is 0 Å². The van der Waals surface area contributed by atoms with E-state index in [1.165, 1.54) is 0 Å². The number of ether oxygens (including phenoxy) is 2. The van der Waals surface area contributed by atoms with Crippen LogP contribution in [-0.4, -0.2) is 24.7 Å². The quantitative estimate of drug-likeness (QED) is 0.843. The van der Waals surface area contributed by atoms with E-state index in [0.717, 1.165) is 16.9 Å². The van der Waals surface area contributed by atoms with Crippen LogP contribution in [0, 0.1) is 0 Å². The lowest BCUT2D eigenvalue weighted by molar-refractivity contribution is 0.0520. The lowest BCUT2D eigenvalue weighted by Gasteiger charge is -2.02. The minimum atomic E-state index is -0.341. The number of hydrogen-bond acceptors (Lipinski definition) is 3. The maximum Gasteiger partial charge on any atom is 0.354 e. The summed E-state index contributed by atoms with van der Waals surface area (Å²) < 4.78 is 10.1. The Bertz CT molecular complexity index is 545. The minimum Gasteiger partial charge on any atom is -0.497 e. The van der Waals surface area contributed by atoms with Crippen LogP contribution in [-0.2, 0) is 4.74 Å². The molecule has 1 N–H and O–H groups in total. The van der Waals surface area contributed by atoms with Gasteiger partial charge in [0, 0.05) is 11.8 Å². The van der Waals surface area contributed by atoms with Crippen molar-refractivity contribution in [1.29, 1.82) is 0 Å². The van der Waals surface area contributed by atoms with E-state index < -0.39 is 0 Å². The Morgan fingerprint density at radius 3 is 2.83 bits per heavy atom. The second kappa shape index (κ2) is 5.40. The summed E-state index contributed by atoms with van der Waals surface area (Å²) in [6.45, 7) is 2.15. The summed E-state index contributed by atoms with van der Waals surface area (Å²) in [4.78, 5) is 14.4. The molecule has 0 aliphatic carbocycles. The van der Waals surface area contributed by atoms with E-state index in [4.69, 9.17) is 9.47 Å². The van der Waals surface area contributed by atoms with Crippen molar-refractivity contribution in [3.05, 3.63) is 42.2 Å². The van der Waals surface area contributed by atoms with Crippen LogP contribution < -0.4 is 4.74 Å². The van der Waals surface area contributed by atoms with Crippen molar-refractivity contribution in [2.45, 2.75) is 6.92 Å². The molecule has 0 radical (unpaired) electrons. The van der Waals surface area contributed by atoms with Gasteiger partial charge in [0.25, 0.3) is 0 Å². The van der Waals surface area contributed by atoms with E-state index in [9.17, 15) is 4.79 Å². The van der Waals surface area contributed by atoms with Crippen LogP contribution in [0.2, 0.25) is 0 Å². The maximum atomic E-state index is 11.5. The largest absolute Gasteiger partial charge is 0.497 e.